The van der Waals surface area contributed by atoms with Crippen molar-refractivity contribution in [1.29, 1.82) is 0 Å². The lowest BCUT2D eigenvalue weighted by Gasteiger charge is -2.11. The Morgan fingerprint density at radius 2 is 1.85 bits per heavy atom. The summed E-state index contributed by atoms with van der Waals surface area (Å²) in [5, 5.41) is 2.92. The molecule has 0 aliphatic heterocycles. The molecule has 0 radical (unpaired) electrons. The first-order chi connectivity index (χ1) is 12.7. The fraction of sp³-hybridized carbons (Fsp3) is 0.0952. The van der Waals surface area contributed by atoms with Crippen molar-refractivity contribution in [2.75, 3.05) is 12.4 Å². The number of anilines is 1. The number of amides is 1. The zero-order valence-corrected chi connectivity index (χ0v) is 16.6. The van der Waals surface area contributed by atoms with Crippen molar-refractivity contribution in [2.24, 2.45) is 0 Å². The van der Waals surface area contributed by atoms with Crippen LogP contribution in [0.4, 0.5) is 5.69 Å². The molecule has 0 heterocycles. The molecule has 0 bridgehead atoms. The highest BCUT2D eigenvalue weighted by molar-refractivity contribution is 9.10. The van der Waals surface area contributed by atoms with Gasteiger partial charge in [0.15, 0.2) is 0 Å². The van der Waals surface area contributed by atoms with E-state index in [0.717, 1.165) is 27.2 Å². The van der Waals surface area contributed by atoms with Crippen LogP contribution < -0.4 is 10.1 Å². The third-order valence-corrected chi connectivity index (χ3v) is 5.32. The maximum absolute atomic E-state index is 12.6. The lowest BCUT2D eigenvalue weighted by Crippen LogP contribution is -2.12. The fourth-order valence-corrected chi connectivity index (χ4v) is 3.78. The third-order valence-electron chi connectivity index (χ3n) is 3.76. The van der Waals surface area contributed by atoms with E-state index in [-0.39, 0.29) is 5.91 Å². The smallest absolute Gasteiger partial charge is 0.255 e. The van der Waals surface area contributed by atoms with E-state index in [0.29, 0.717) is 5.56 Å². The number of thioether (sulfide) groups is 1. The first-order valence-corrected chi connectivity index (χ1v) is 9.85. The Morgan fingerprint density at radius 3 is 2.58 bits per heavy atom. The minimum atomic E-state index is -0.142. The van der Waals surface area contributed by atoms with Crippen LogP contribution in [0.2, 0.25) is 0 Å². The van der Waals surface area contributed by atoms with Gasteiger partial charge in [0.1, 0.15) is 5.75 Å². The number of halogens is 1. The molecule has 1 N–H and O–H groups in total. The lowest BCUT2D eigenvalue weighted by atomic mass is 10.1. The molecule has 1 amide bonds. The predicted molar refractivity (Wildman–Crippen MR) is 111 cm³/mol. The van der Waals surface area contributed by atoms with E-state index in [1.54, 1.807) is 24.9 Å². The van der Waals surface area contributed by atoms with Crippen molar-refractivity contribution in [3.8, 4) is 5.75 Å². The molecule has 0 spiro atoms. The molecule has 3 rings (SSSR count). The van der Waals surface area contributed by atoms with E-state index in [4.69, 9.17) is 4.74 Å². The summed E-state index contributed by atoms with van der Waals surface area (Å²) >= 11 is 5.12. The highest BCUT2D eigenvalue weighted by Gasteiger charge is 2.11. The van der Waals surface area contributed by atoms with Gasteiger partial charge in [0.05, 0.1) is 7.11 Å². The summed E-state index contributed by atoms with van der Waals surface area (Å²) in [6.07, 6.45) is 0. The van der Waals surface area contributed by atoms with Gasteiger partial charge < -0.3 is 10.1 Å². The summed E-state index contributed by atoms with van der Waals surface area (Å²) in [7, 11) is 1.65. The van der Waals surface area contributed by atoms with E-state index in [1.165, 1.54) is 4.90 Å². The van der Waals surface area contributed by atoms with Crippen molar-refractivity contribution >= 4 is 39.3 Å². The van der Waals surface area contributed by atoms with E-state index < -0.39 is 0 Å². The van der Waals surface area contributed by atoms with Gasteiger partial charge in [0, 0.05) is 31.9 Å². The quantitative estimate of drug-likeness (QED) is 0.490. The molecule has 0 aliphatic rings. The molecule has 3 aromatic rings. The van der Waals surface area contributed by atoms with Crippen molar-refractivity contribution in [1.82, 2.24) is 0 Å². The molecule has 0 unspecified atom stereocenters. The van der Waals surface area contributed by atoms with E-state index in [1.807, 2.05) is 54.6 Å². The van der Waals surface area contributed by atoms with E-state index in [2.05, 4.69) is 33.4 Å². The Labute approximate surface area is 165 Å². The number of hydrogen-bond acceptors (Lipinski definition) is 3. The van der Waals surface area contributed by atoms with Crippen molar-refractivity contribution < 1.29 is 9.53 Å². The van der Waals surface area contributed by atoms with Gasteiger partial charge in [-0.05, 0) is 48.5 Å². The van der Waals surface area contributed by atoms with Crippen LogP contribution in [0.25, 0.3) is 0 Å². The topological polar surface area (TPSA) is 38.3 Å². The van der Waals surface area contributed by atoms with Crippen LogP contribution in [-0.2, 0) is 5.75 Å². The average molecular weight is 428 g/mol. The van der Waals surface area contributed by atoms with Gasteiger partial charge in [-0.25, -0.2) is 0 Å². The second kappa shape index (κ2) is 8.92. The van der Waals surface area contributed by atoms with Gasteiger partial charge in [-0.15, -0.1) is 11.8 Å². The molecular formula is C21H18BrNO2S. The second-order valence-electron chi connectivity index (χ2n) is 5.59. The summed E-state index contributed by atoms with van der Waals surface area (Å²) in [5.74, 6) is 1.37. The molecule has 0 fully saturated rings. The third kappa shape index (κ3) is 4.90. The van der Waals surface area contributed by atoms with Gasteiger partial charge in [-0.2, -0.15) is 0 Å². The molecule has 3 aromatic carbocycles. The van der Waals surface area contributed by atoms with Crippen LogP contribution in [0.1, 0.15) is 15.9 Å². The van der Waals surface area contributed by atoms with Crippen LogP contribution in [-0.4, -0.2) is 13.0 Å². The molecule has 132 valence electrons. The van der Waals surface area contributed by atoms with Gasteiger partial charge in [0.2, 0.25) is 0 Å². The van der Waals surface area contributed by atoms with Crippen LogP contribution in [0.3, 0.4) is 0 Å². The Morgan fingerprint density at radius 1 is 1.04 bits per heavy atom. The van der Waals surface area contributed by atoms with Gasteiger partial charge >= 0.3 is 0 Å². The van der Waals surface area contributed by atoms with Gasteiger partial charge in [-0.1, -0.05) is 40.2 Å². The number of methoxy groups -OCH3 is 1. The summed E-state index contributed by atoms with van der Waals surface area (Å²) in [6, 6.07) is 23.2. The minimum absolute atomic E-state index is 0.142. The van der Waals surface area contributed by atoms with E-state index in [9.17, 15) is 4.79 Å². The van der Waals surface area contributed by atoms with Crippen molar-refractivity contribution in [3.63, 3.8) is 0 Å². The number of nitrogens with one attached hydrogen (secondary N) is 1. The molecule has 26 heavy (non-hydrogen) atoms. The second-order valence-corrected chi connectivity index (χ2v) is 7.56. The standard InChI is InChI=1S/C21H18BrNO2S/c1-25-20-11-10-15(21(24)23-18-7-5-6-17(22)13-18)12-16(20)14-26-19-8-3-2-4-9-19/h2-13H,14H2,1H3,(H,23,24). The van der Waals surface area contributed by atoms with E-state index >= 15 is 0 Å². The van der Waals surface area contributed by atoms with Crippen molar-refractivity contribution in [3.05, 3.63) is 88.4 Å². The van der Waals surface area contributed by atoms with Gasteiger partial charge in [0.25, 0.3) is 5.91 Å². The number of carbonyl (C=O) groups is 1. The molecule has 3 nitrogen and oxygen atoms in total. The lowest BCUT2D eigenvalue weighted by molar-refractivity contribution is 0.102. The Balaban J connectivity index is 1.76. The Hall–Kier alpha value is -2.24. The van der Waals surface area contributed by atoms with Crippen LogP contribution >= 0.6 is 27.7 Å². The maximum atomic E-state index is 12.6. The summed E-state index contributed by atoms with van der Waals surface area (Å²) < 4.78 is 6.37. The molecule has 0 atom stereocenters. The zero-order valence-electron chi connectivity index (χ0n) is 14.2. The molecule has 0 saturated carbocycles. The Bertz CT molecular complexity index is 900. The molecule has 0 aromatic heterocycles. The average Bonchev–Trinajstić information content (AvgIpc) is 2.67. The van der Waals surface area contributed by atoms with Gasteiger partial charge in [-0.3, -0.25) is 4.79 Å². The Kier molecular flexibility index (Phi) is 6.36. The first kappa shape index (κ1) is 18.5. The normalized spacial score (nSPS) is 10.4. The molecular weight excluding hydrogens is 410 g/mol. The van der Waals surface area contributed by atoms with Crippen LogP contribution in [0, 0.1) is 0 Å². The highest BCUT2D eigenvalue weighted by atomic mass is 79.9. The minimum Gasteiger partial charge on any atom is -0.496 e. The molecule has 0 saturated heterocycles. The number of hydrogen-bond donors (Lipinski definition) is 1. The summed E-state index contributed by atoms with van der Waals surface area (Å²) in [5.41, 5.74) is 2.35. The largest absolute Gasteiger partial charge is 0.496 e. The fourth-order valence-electron chi connectivity index (χ4n) is 2.48. The number of rotatable bonds is 6. The maximum Gasteiger partial charge on any atom is 0.255 e. The molecule has 0 aliphatic carbocycles. The summed E-state index contributed by atoms with van der Waals surface area (Å²) in [6.45, 7) is 0. The SMILES string of the molecule is COc1ccc(C(=O)Nc2cccc(Br)c2)cc1CSc1ccccc1. The summed E-state index contributed by atoms with van der Waals surface area (Å²) in [4.78, 5) is 13.8. The zero-order chi connectivity index (χ0) is 18.4. The highest BCUT2D eigenvalue weighted by Crippen LogP contribution is 2.29. The van der Waals surface area contributed by atoms with Crippen LogP contribution in [0.15, 0.2) is 82.2 Å². The van der Waals surface area contributed by atoms with Crippen LogP contribution in [0.5, 0.6) is 5.75 Å². The number of benzene rings is 3. The molecule has 5 heteroatoms. The van der Waals surface area contributed by atoms with Crippen molar-refractivity contribution in [2.45, 2.75) is 10.6 Å². The predicted octanol–water partition coefficient (Wildman–Crippen LogP) is 6.00. The monoisotopic (exact) mass is 427 g/mol. The number of carbonyl (C=O) groups excluding carboxylic acids is 1. The number of ether oxygens (including phenoxy) is 1. The first-order valence-electron chi connectivity index (χ1n) is 8.07.